The molecule has 1 aliphatic heterocycles. The Morgan fingerprint density at radius 1 is 1.39 bits per heavy atom. The standard InChI is InChI=1S/C23H26Cl2FN5O2/c1-13-11-31(12-14(2)30-13)23(32)28-8-4-5-16-9-19(22(27)29-10-16)33-15(3)20-17(24)6-7-18(26)21(20)25/h6-7,9-10,13-15,30H,8,11-12H2,1-3H3,(H2,27,29)(H,28,32)/t13-,14+,15?. The molecule has 3 atom stereocenters. The second kappa shape index (κ2) is 10.9. The fourth-order valence-corrected chi connectivity index (χ4v) is 4.33. The van der Waals surface area contributed by atoms with E-state index in [4.69, 9.17) is 33.7 Å². The SMILES string of the molecule is CC(Oc1cc(C#CCNC(=O)N2C[C@@H](C)N[C@@H](C)C2)cnc1N)c1c(Cl)ccc(F)c1Cl. The van der Waals surface area contributed by atoms with Crippen LogP contribution in [-0.2, 0) is 0 Å². The molecule has 0 bridgehead atoms. The first kappa shape index (κ1) is 24.9. The third-order valence-electron chi connectivity index (χ3n) is 5.08. The molecule has 1 fully saturated rings. The number of carbonyl (C=O) groups is 1. The average molecular weight is 494 g/mol. The van der Waals surface area contributed by atoms with Crippen molar-refractivity contribution < 1.29 is 13.9 Å². The van der Waals surface area contributed by atoms with E-state index in [1.54, 1.807) is 17.9 Å². The minimum absolute atomic E-state index is 0.110. The van der Waals surface area contributed by atoms with Crippen LogP contribution in [0.25, 0.3) is 0 Å². The fourth-order valence-electron chi connectivity index (χ4n) is 3.65. The monoisotopic (exact) mass is 493 g/mol. The van der Waals surface area contributed by atoms with Gasteiger partial charge in [-0.25, -0.2) is 14.2 Å². The Bertz CT molecular complexity index is 1080. The van der Waals surface area contributed by atoms with Crippen molar-refractivity contribution in [3.05, 3.63) is 51.4 Å². The molecule has 33 heavy (non-hydrogen) atoms. The molecule has 1 unspecified atom stereocenters. The van der Waals surface area contributed by atoms with Gasteiger partial charge in [-0.05, 0) is 32.9 Å². The lowest BCUT2D eigenvalue weighted by Crippen LogP contribution is -2.57. The van der Waals surface area contributed by atoms with Crippen molar-refractivity contribution in [3.8, 4) is 17.6 Å². The third-order valence-corrected chi connectivity index (χ3v) is 5.79. The van der Waals surface area contributed by atoms with E-state index >= 15 is 0 Å². The van der Waals surface area contributed by atoms with Crippen LogP contribution in [0, 0.1) is 17.7 Å². The number of pyridine rings is 1. The van der Waals surface area contributed by atoms with Crippen molar-refractivity contribution >= 4 is 35.1 Å². The molecule has 176 valence electrons. The van der Waals surface area contributed by atoms with Gasteiger partial charge in [-0.15, -0.1) is 0 Å². The van der Waals surface area contributed by atoms with Gasteiger partial charge in [0, 0.05) is 53.6 Å². The molecule has 0 saturated carbocycles. The van der Waals surface area contributed by atoms with E-state index in [2.05, 4.69) is 27.5 Å². The molecule has 0 radical (unpaired) electrons. The highest BCUT2D eigenvalue weighted by molar-refractivity contribution is 6.36. The van der Waals surface area contributed by atoms with E-state index < -0.39 is 11.9 Å². The summed E-state index contributed by atoms with van der Waals surface area (Å²) < 4.78 is 19.7. The molecule has 1 aromatic heterocycles. The van der Waals surface area contributed by atoms with Crippen LogP contribution in [0.3, 0.4) is 0 Å². The van der Waals surface area contributed by atoms with Crippen molar-refractivity contribution in [1.29, 1.82) is 0 Å². The van der Waals surface area contributed by atoms with E-state index in [0.717, 1.165) is 0 Å². The Morgan fingerprint density at radius 3 is 2.79 bits per heavy atom. The molecule has 2 heterocycles. The minimum Gasteiger partial charge on any atom is -0.482 e. The van der Waals surface area contributed by atoms with Gasteiger partial charge in [-0.3, -0.25) is 0 Å². The van der Waals surface area contributed by atoms with Gasteiger partial charge < -0.3 is 26.0 Å². The Hall–Kier alpha value is -2.73. The van der Waals surface area contributed by atoms with E-state index in [1.807, 2.05) is 13.8 Å². The molecule has 4 N–H and O–H groups in total. The van der Waals surface area contributed by atoms with Crippen LogP contribution in [0.2, 0.25) is 10.0 Å². The zero-order chi connectivity index (χ0) is 24.1. The van der Waals surface area contributed by atoms with Crippen LogP contribution in [-0.4, -0.2) is 47.6 Å². The van der Waals surface area contributed by atoms with Gasteiger partial charge in [0.05, 0.1) is 11.6 Å². The van der Waals surface area contributed by atoms with E-state index in [0.29, 0.717) is 24.2 Å². The summed E-state index contributed by atoms with van der Waals surface area (Å²) in [6, 6.07) is 4.55. The highest BCUT2D eigenvalue weighted by atomic mass is 35.5. The van der Waals surface area contributed by atoms with E-state index in [-0.39, 0.29) is 46.3 Å². The largest absolute Gasteiger partial charge is 0.482 e. The smallest absolute Gasteiger partial charge is 0.318 e. The lowest BCUT2D eigenvalue weighted by atomic mass is 10.1. The van der Waals surface area contributed by atoms with Crippen molar-refractivity contribution in [1.82, 2.24) is 20.5 Å². The fraction of sp³-hybridized carbons (Fsp3) is 0.391. The third kappa shape index (κ3) is 6.41. The molecule has 3 rings (SSSR count). The summed E-state index contributed by atoms with van der Waals surface area (Å²) in [4.78, 5) is 18.2. The maximum absolute atomic E-state index is 13.9. The molecular formula is C23H26Cl2FN5O2. The molecule has 7 nitrogen and oxygen atoms in total. The number of hydrogen-bond acceptors (Lipinski definition) is 5. The number of nitrogens with two attached hydrogens (primary N) is 1. The normalized spacial score (nSPS) is 18.8. The molecule has 2 amide bonds. The number of nitrogen functional groups attached to an aromatic ring is 1. The summed E-state index contributed by atoms with van der Waals surface area (Å²) in [5.41, 5.74) is 6.79. The maximum atomic E-state index is 13.9. The summed E-state index contributed by atoms with van der Waals surface area (Å²) in [6.07, 6.45) is 0.819. The van der Waals surface area contributed by atoms with Crippen LogP contribution >= 0.6 is 23.2 Å². The lowest BCUT2D eigenvalue weighted by molar-refractivity contribution is 0.166. The van der Waals surface area contributed by atoms with Crippen LogP contribution in [0.4, 0.5) is 15.0 Å². The second-order valence-corrected chi connectivity index (χ2v) is 8.74. The predicted molar refractivity (Wildman–Crippen MR) is 128 cm³/mol. The van der Waals surface area contributed by atoms with Gasteiger partial charge in [0.15, 0.2) is 11.6 Å². The average Bonchev–Trinajstić information content (AvgIpc) is 2.75. The van der Waals surface area contributed by atoms with Gasteiger partial charge >= 0.3 is 6.03 Å². The molecule has 1 aliphatic rings. The molecule has 1 saturated heterocycles. The number of nitrogens with zero attached hydrogens (tertiary/aromatic N) is 2. The van der Waals surface area contributed by atoms with E-state index in [9.17, 15) is 9.18 Å². The van der Waals surface area contributed by atoms with Gasteiger partial charge in [-0.1, -0.05) is 35.0 Å². The topological polar surface area (TPSA) is 92.5 Å². The number of halogens is 3. The molecule has 0 aliphatic carbocycles. The number of benzene rings is 1. The van der Waals surface area contributed by atoms with Crippen molar-refractivity contribution in [2.75, 3.05) is 25.4 Å². The van der Waals surface area contributed by atoms with Crippen LogP contribution in [0.5, 0.6) is 5.75 Å². The first-order valence-corrected chi connectivity index (χ1v) is 11.2. The number of aromatic nitrogens is 1. The number of hydrogen-bond donors (Lipinski definition) is 3. The Kier molecular flexibility index (Phi) is 8.25. The number of piperazine rings is 1. The maximum Gasteiger partial charge on any atom is 0.318 e. The minimum atomic E-state index is -0.684. The van der Waals surface area contributed by atoms with Crippen molar-refractivity contribution in [2.24, 2.45) is 0 Å². The van der Waals surface area contributed by atoms with Crippen molar-refractivity contribution in [2.45, 2.75) is 39.0 Å². The van der Waals surface area contributed by atoms with Crippen LogP contribution < -0.4 is 21.1 Å². The summed E-state index contributed by atoms with van der Waals surface area (Å²) in [5.74, 6) is 5.64. The zero-order valence-electron chi connectivity index (χ0n) is 18.6. The van der Waals surface area contributed by atoms with Crippen LogP contribution in [0.15, 0.2) is 24.4 Å². The lowest BCUT2D eigenvalue weighted by Gasteiger charge is -2.35. The quantitative estimate of drug-likeness (QED) is 0.442. The molecule has 10 heteroatoms. The Balaban J connectivity index is 1.64. The molecule has 1 aromatic carbocycles. The summed E-state index contributed by atoms with van der Waals surface area (Å²) >= 11 is 12.2. The highest BCUT2D eigenvalue weighted by Crippen LogP contribution is 2.35. The molecular weight excluding hydrogens is 468 g/mol. The number of urea groups is 1. The predicted octanol–water partition coefficient (Wildman–Crippen LogP) is 3.99. The van der Waals surface area contributed by atoms with Gasteiger partial charge in [0.25, 0.3) is 0 Å². The summed E-state index contributed by atoms with van der Waals surface area (Å²) in [5, 5.41) is 6.36. The second-order valence-electron chi connectivity index (χ2n) is 7.96. The van der Waals surface area contributed by atoms with Crippen molar-refractivity contribution in [3.63, 3.8) is 0 Å². The van der Waals surface area contributed by atoms with Crippen LogP contribution in [0.1, 0.15) is 38.0 Å². The number of nitrogens with one attached hydrogen (secondary N) is 2. The Labute approximate surface area is 202 Å². The number of carbonyl (C=O) groups excluding carboxylic acids is 1. The first-order valence-electron chi connectivity index (χ1n) is 10.5. The van der Waals surface area contributed by atoms with Gasteiger partial charge in [0.2, 0.25) is 0 Å². The van der Waals surface area contributed by atoms with E-state index in [1.165, 1.54) is 18.3 Å². The first-order chi connectivity index (χ1) is 15.7. The number of rotatable bonds is 4. The van der Waals surface area contributed by atoms with Gasteiger partial charge in [-0.2, -0.15) is 0 Å². The zero-order valence-corrected chi connectivity index (χ0v) is 20.1. The summed E-state index contributed by atoms with van der Waals surface area (Å²) in [7, 11) is 0. The Morgan fingerprint density at radius 2 is 2.09 bits per heavy atom. The van der Waals surface area contributed by atoms with Gasteiger partial charge in [0.1, 0.15) is 11.9 Å². The highest BCUT2D eigenvalue weighted by Gasteiger charge is 2.24. The summed E-state index contributed by atoms with van der Waals surface area (Å²) in [6.45, 7) is 7.23. The number of ether oxygens (including phenoxy) is 1. The molecule has 2 aromatic rings. The molecule has 0 spiro atoms. The number of amides is 2. The number of anilines is 1.